The Morgan fingerprint density at radius 3 is 2.64 bits per heavy atom. The minimum Gasteiger partial charge on any atom is -0.352 e. The van der Waals surface area contributed by atoms with Crippen LogP contribution in [0, 0.1) is 4.91 Å². The molecular weight excluding hydrogens is 166 g/mol. The number of nitrogens with one attached hydrogen (secondary N) is 1. The Morgan fingerprint density at radius 1 is 1.73 bits per heavy atom. The van der Waals surface area contributed by atoms with Crippen molar-refractivity contribution in [2.75, 3.05) is 6.54 Å². The van der Waals surface area contributed by atoms with Crippen molar-refractivity contribution in [1.29, 1.82) is 0 Å². The maximum atomic E-state index is 10.2. The third-order valence-electron chi connectivity index (χ3n) is 0.973. The van der Waals surface area contributed by atoms with E-state index in [-0.39, 0.29) is 0 Å². The van der Waals surface area contributed by atoms with Gasteiger partial charge in [-0.1, -0.05) is 0 Å². The molecule has 0 aromatic heterocycles. The average molecular weight is 177 g/mol. The van der Waals surface area contributed by atoms with Crippen molar-refractivity contribution in [3.63, 3.8) is 0 Å². The summed E-state index contributed by atoms with van der Waals surface area (Å²) < 4.78 is 2.27. The summed E-state index contributed by atoms with van der Waals surface area (Å²) in [5.41, 5.74) is 4.83. The summed E-state index contributed by atoms with van der Waals surface area (Å²) in [6.45, 7) is 3.91. The van der Waals surface area contributed by atoms with Crippen LogP contribution < -0.4 is 11.1 Å². The Kier molecular flexibility index (Phi) is 3.88. The zero-order valence-corrected chi connectivity index (χ0v) is 7.27. The Hall–Kier alpha value is -0.780. The SMILES string of the molecule is CC(C)(CNC(N)=O)SN=O. The largest absolute Gasteiger partial charge is 0.352 e. The molecule has 3 N–H and O–H groups in total. The Labute approximate surface area is 69.2 Å². The van der Waals surface area contributed by atoms with Gasteiger partial charge in [-0.15, -0.1) is 4.91 Å². The maximum absolute atomic E-state index is 10.2. The molecule has 0 spiro atoms. The maximum Gasteiger partial charge on any atom is 0.312 e. The summed E-state index contributed by atoms with van der Waals surface area (Å²) in [5.74, 6) is 0. The smallest absolute Gasteiger partial charge is 0.312 e. The number of hydrogen-bond donors (Lipinski definition) is 2. The van der Waals surface area contributed by atoms with Crippen molar-refractivity contribution >= 4 is 18.0 Å². The van der Waals surface area contributed by atoms with Crippen molar-refractivity contribution in [2.24, 2.45) is 10.3 Å². The summed E-state index contributed by atoms with van der Waals surface area (Å²) in [5, 5.41) is 2.39. The number of primary amides is 1. The number of nitrogens with two attached hydrogens (primary N) is 1. The van der Waals surface area contributed by atoms with Gasteiger partial charge in [-0.3, -0.25) is 0 Å². The van der Waals surface area contributed by atoms with Crippen LogP contribution in [-0.4, -0.2) is 17.3 Å². The van der Waals surface area contributed by atoms with Crippen LogP contribution in [0.5, 0.6) is 0 Å². The molecule has 0 aliphatic carbocycles. The summed E-state index contributed by atoms with van der Waals surface area (Å²) in [6.07, 6.45) is 0. The monoisotopic (exact) mass is 177 g/mol. The van der Waals surface area contributed by atoms with Gasteiger partial charge in [0.15, 0.2) is 0 Å². The quantitative estimate of drug-likeness (QED) is 0.493. The Balaban J connectivity index is 3.71. The van der Waals surface area contributed by atoms with E-state index in [2.05, 4.69) is 9.90 Å². The first-order chi connectivity index (χ1) is 4.98. The molecule has 0 aliphatic heterocycles. The van der Waals surface area contributed by atoms with E-state index < -0.39 is 10.8 Å². The lowest BCUT2D eigenvalue weighted by Crippen LogP contribution is -2.38. The molecule has 0 rings (SSSR count). The first-order valence-electron chi connectivity index (χ1n) is 3.02. The summed E-state index contributed by atoms with van der Waals surface area (Å²) in [4.78, 5) is 20.1. The van der Waals surface area contributed by atoms with Crippen LogP contribution in [0.25, 0.3) is 0 Å². The molecule has 5 nitrogen and oxygen atoms in total. The molecule has 0 heterocycles. The van der Waals surface area contributed by atoms with Crippen molar-refractivity contribution in [3.05, 3.63) is 4.91 Å². The molecule has 0 aromatic carbocycles. The molecule has 2 amide bonds. The van der Waals surface area contributed by atoms with E-state index in [1.807, 2.05) is 0 Å². The number of urea groups is 1. The standard InChI is InChI=1S/C5H11N3O2S/c1-5(2,11-8-10)3-7-4(6)9/h3H2,1-2H3,(H3,6,7,9). The van der Waals surface area contributed by atoms with E-state index in [0.29, 0.717) is 6.54 Å². The highest BCUT2D eigenvalue weighted by Crippen LogP contribution is 2.23. The number of rotatable bonds is 4. The lowest BCUT2D eigenvalue weighted by molar-refractivity contribution is 0.248. The minimum absolute atomic E-state index is 0.332. The molecule has 0 bridgehead atoms. The number of carbonyl (C=O) groups excluding carboxylic acids is 1. The van der Waals surface area contributed by atoms with Gasteiger partial charge in [0, 0.05) is 23.1 Å². The predicted molar refractivity (Wildman–Crippen MR) is 45.1 cm³/mol. The highest BCUT2D eigenvalue weighted by molar-refractivity contribution is 7.99. The highest BCUT2D eigenvalue weighted by Gasteiger charge is 2.19. The van der Waals surface area contributed by atoms with E-state index in [4.69, 9.17) is 5.73 Å². The zero-order valence-electron chi connectivity index (χ0n) is 6.46. The first kappa shape index (κ1) is 10.2. The minimum atomic E-state index is -0.593. The third-order valence-corrected chi connectivity index (χ3v) is 1.69. The lowest BCUT2D eigenvalue weighted by Gasteiger charge is -2.18. The second-order valence-corrected chi connectivity index (χ2v) is 4.08. The van der Waals surface area contributed by atoms with Crippen LogP contribution >= 0.6 is 11.9 Å². The van der Waals surface area contributed by atoms with Crippen LogP contribution in [0.2, 0.25) is 0 Å². The fourth-order valence-electron chi connectivity index (χ4n) is 0.433. The van der Waals surface area contributed by atoms with Gasteiger partial charge in [0.2, 0.25) is 0 Å². The second kappa shape index (κ2) is 4.17. The second-order valence-electron chi connectivity index (χ2n) is 2.64. The van der Waals surface area contributed by atoms with Gasteiger partial charge in [0.25, 0.3) is 0 Å². The fourth-order valence-corrected chi connectivity index (χ4v) is 0.772. The summed E-state index contributed by atoms with van der Waals surface area (Å²) in [7, 11) is 0. The van der Waals surface area contributed by atoms with E-state index in [0.717, 1.165) is 11.9 Å². The third kappa shape index (κ3) is 5.65. The first-order valence-corrected chi connectivity index (χ1v) is 3.79. The average Bonchev–Trinajstić information content (AvgIpc) is 1.84. The predicted octanol–water partition coefficient (Wildman–Crippen LogP) is 0.848. The van der Waals surface area contributed by atoms with E-state index in [9.17, 15) is 9.70 Å². The van der Waals surface area contributed by atoms with E-state index in [1.54, 1.807) is 13.8 Å². The molecule has 0 saturated heterocycles. The van der Waals surface area contributed by atoms with Crippen LogP contribution in [0.1, 0.15) is 13.8 Å². The number of hydrogen-bond acceptors (Lipinski definition) is 4. The van der Waals surface area contributed by atoms with Gasteiger partial charge < -0.3 is 11.1 Å². The van der Waals surface area contributed by atoms with Crippen molar-refractivity contribution in [2.45, 2.75) is 18.6 Å². The van der Waals surface area contributed by atoms with Gasteiger partial charge in [-0.05, 0) is 13.8 Å². The summed E-state index contributed by atoms with van der Waals surface area (Å²) >= 11 is 0.875. The molecule has 0 unspecified atom stereocenters. The lowest BCUT2D eigenvalue weighted by atomic mass is 10.2. The van der Waals surface area contributed by atoms with Gasteiger partial charge in [-0.2, -0.15) is 0 Å². The zero-order chi connectivity index (χ0) is 8.91. The highest BCUT2D eigenvalue weighted by atomic mass is 32.2. The molecule has 0 fully saturated rings. The number of amides is 2. The van der Waals surface area contributed by atoms with Crippen LogP contribution in [0.15, 0.2) is 4.58 Å². The Bertz CT molecular complexity index is 160. The molecule has 6 heteroatoms. The van der Waals surface area contributed by atoms with Crippen molar-refractivity contribution < 1.29 is 4.79 Å². The van der Waals surface area contributed by atoms with Crippen LogP contribution in [0.3, 0.4) is 0 Å². The van der Waals surface area contributed by atoms with Gasteiger partial charge in [-0.25, -0.2) is 4.79 Å². The van der Waals surface area contributed by atoms with Crippen LogP contribution in [-0.2, 0) is 0 Å². The fraction of sp³-hybridized carbons (Fsp3) is 0.800. The van der Waals surface area contributed by atoms with Crippen molar-refractivity contribution in [1.82, 2.24) is 5.32 Å². The molecule has 64 valence electrons. The van der Waals surface area contributed by atoms with Crippen molar-refractivity contribution in [3.8, 4) is 0 Å². The molecule has 11 heavy (non-hydrogen) atoms. The molecule has 0 radical (unpaired) electrons. The number of nitroso groups, excluding NO2 is 1. The van der Waals surface area contributed by atoms with E-state index in [1.165, 1.54) is 0 Å². The topological polar surface area (TPSA) is 84.5 Å². The van der Waals surface area contributed by atoms with E-state index >= 15 is 0 Å². The molecule has 0 aliphatic rings. The molecule has 0 saturated carbocycles. The van der Waals surface area contributed by atoms with Gasteiger partial charge >= 0.3 is 6.03 Å². The number of carbonyl (C=O) groups is 1. The normalized spacial score (nSPS) is 10.7. The number of nitrogens with zero attached hydrogens (tertiary/aromatic N) is 1. The van der Waals surface area contributed by atoms with Gasteiger partial charge in [0.05, 0.1) is 4.75 Å². The Morgan fingerprint density at radius 2 is 2.27 bits per heavy atom. The molecule has 0 atom stereocenters. The van der Waals surface area contributed by atoms with Gasteiger partial charge in [0.1, 0.15) is 0 Å². The summed E-state index contributed by atoms with van der Waals surface area (Å²) in [6, 6.07) is -0.593. The molecule has 0 aromatic rings. The molecular formula is C5H11N3O2S. The van der Waals surface area contributed by atoms with Crippen LogP contribution in [0.4, 0.5) is 4.79 Å².